The molecule has 0 bridgehead atoms. The first-order valence-corrected chi connectivity index (χ1v) is 7.43. The van der Waals surface area contributed by atoms with E-state index in [0.717, 1.165) is 35.5 Å². The van der Waals surface area contributed by atoms with Crippen LogP contribution in [0.5, 0.6) is 11.5 Å². The van der Waals surface area contributed by atoms with E-state index in [0.29, 0.717) is 11.6 Å². The molecule has 0 spiro atoms. The molecule has 3 nitrogen and oxygen atoms in total. The van der Waals surface area contributed by atoms with Crippen LogP contribution in [0.2, 0.25) is 5.02 Å². The summed E-state index contributed by atoms with van der Waals surface area (Å²) in [5, 5.41) is 0.654. The molecule has 0 amide bonds. The maximum Gasteiger partial charge on any atom is 0.130 e. The maximum atomic E-state index is 6.40. The van der Waals surface area contributed by atoms with E-state index in [4.69, 9.17) is 26.8 Å². The number of halogens is 1. The number of nitrogens with two attached hydrogens (primary N) is 1. The van der Waals surface area contributed by atoms with Gasteiger partial charge in [-0.1, -0.05) is 29.8 Å². The Hall–Kier alpha value is -1.71. The zero-order chi connectivity index (χ0) is 14.8. The second kappa shape index (κ2) is 5.96. The van der Waals surface area contributed by atoms with E-state index in [1.54, 1.807) is 7.11 Å². The molecule has 1 atom stereocenters. The van der Waals surface area contributed by atoms with Crippen molar-refractivity contribution in [3.8, 4) is 22.6 Å². The van der Waals surface area contributed by atoms with Crippen LogP contribution < -0.4 is 15.2 Å². The van der Waals surface area contributed by atoms with Gasteiger partial charge in [-0.05, 0) is 36.6 Å². The van der Waals surface area contributed by atoms with Crippen LogP contribution in [0.15, 0.2) is 36.4 Å². The first kappa shape index (κ1) is 14.2. The highest BCUT2D eigenvalue weighted by molar-refractivity contribution is 6.33. The van der Waals surface area contributed by atoms with Gasteiger partial charge in [-0.2, -0.15) is 0 Å². The van der Waals surface area contributed by atoms with Crippen LogP contribution >= 0.6 is 11.6 Å². The predicted octanol–water partition coefficient (Wildman–Crippen LogP) is 3.67. The highest BCUT2D eigenvalue weighted by Gasteiger charge is 2.22. The van der Waals surface area contributed by atoms with E-state index >= 15 is 0 Å². The molecule has 2 N–H and O–H groups in total. The summed E-state index contributed by atoms with van der Waals surface area (Å²) in [5.74, 6) is 1.65. The van der Waals surface area contributed by atoms with Gasteiger partial charge in [0.25, 0.3) is 0 Å². The fourth-order valence-corrected chi connectivity index (χ4v) is 2.95. The Labute approximate surface area is 129 Å². The largest absolute Gasteiger partial charge is 0.497 e. The fourth-order valence-electron chi connectivity index (χ4n) is 2.68. The van der Waals surface area contributed by atoms with Crippen LogP contribution in [0.4, 0.5) is 0 Å². The van der Waals surface area contributed by atoms with E-state index in [2.05, 4.69) is 6.07 Å². The summed E-state index contributed by atoms with van der Waals surface area (Å²) in [4.78, 5) is 0. The first-order valence-electron chi connectivity index (χ1n) is 7.05. The molecule has 0 fully saturated rings. The van der Waals surface area contributed by atoms with E-state index in [-0.39, 0.29) is 6.10 Å². The second-order valence-corrected chi connectivity index (χ2v) is 5.56. The smallest absolute Gasteiger partial charge is 0.130 e. The Morgan fingerprint density at radius 2 is 2.14 bits per heavy atom. The van der Waals surface area contributed by atoms with E-state index < -0.39 is 0 Å². The quantitative estimate of drug-likeness (QED) is 0.941. The highest BCUT2D eigenvalue weighted by atomic mass is 35.5. The van der Waals surface area contributed by atoms with E-state index in [1.807, 2.05) is 30.3 Å². The lowest BCUT2D eigenvalue weighted by atomic mass is 9.95. The SMILES string of the molecule is COc1ccc(-c2cccc3c2O[C@@H](CN)CC3)c(Cl)c1. The molecule has 2 aromatic rings. The molecule has 4 heteroatoms. The van der Waals surface area contributed by atoms with Gasteiger partial charge in [0.2, 0.25) is 0 Å². The summed E-state index contributed by atoms with van der Waals surface area (Å²) in [6, 6.07) is 11.9. The van der Waals surface area contributed by atoms with Gasteiger partial charge in [0, 0.05) is 17.7 Å². The number of methoxy groups -OCH3 is 1. The second-order valence-electron chi connectivity index (χ2n) is 5.15. The molecule has 0 aromatic heterocycles. The summed E-state index contributed by atoms with van der Waals surface area (Å²) in [6.07, 6.45) is 2.03. The molecule has 1 aliphatic heterocycles. The van der Waals surface area contributed by atoms with Gasteiger partial charge in [-0.25, -0.2) is 0 Å². The van der Waals surface area contributed by atoms with Gasteiger partial charge < -0.3 is 15.2 Å². The molecular weight excluding hydrogens is 286 g/mol. The van der Waals surface area contributed by atoms with Crippen molar-refractivity contribution in [3.63, 3.8) is 0 Å². The van der Waals surface area contributed by atoms with Crippen LogP contribution in [-0.2, 0) is 6.42 Å². The standard InChI is InChI=1S/C17H18ClNO2/c1-20-12-7-8-14(16(18)9-12)15-4-2-3-11-5-6-13(10-19)21-17(11)15/h2-4,7-9,13H,5-6,10,19H2,1H3/t13-/m1/s1. The van der Waals surface area contributed by atoms with Crippen LogP contribution in [0.25, 0.3) is 11.1 Å². The molecule has 0 saturated heterocycles. The van der Waals surface area contributed by atoms with Crippen molar-refractivity contribution in [1.29, 1.82) is 0 Å². The Bertz CT molecular complexity index is 657. The number of fused-ring (bicyclic) bond motifs is 1. The lowest BCUT2D eigenvalue weighted by Crippen LogP contribution is -2.30. The Morgan fingerprint density at radius 1 is 1.29 bits per heavy atom. The van der Waals surface area contributed by atoms with Crippen LogP contribution in [0, 0.1) is 0 Å². The van der Waals surface area contributed by atoms with Gasteiger partial charge in [0.1, 0.15) is 17.6 Å². The van der Waals surface area contributed by atoms with Gasteiger partial charge in [-0.3, -0.25) is 0 Å². The third-order valence-electron chi connectivity index (χ3n) is 3.85. The Kier molecular flexibility index (Phi) is 4.04. The zero-order valence-electron chi connectivity index (χ0n) is 11.9. The number of hydrogen-bond acceptors (Lipinski definition) is 3. The number of ether oxygens (including phenoxy) is 2. The van der Waals surface area contributed by atoms with Crippen molar-refractivity contribution in [3.05, 3.63) is 47.0 Å². The van der Waals surface area contributed by atoms with Crippen molar-refractivity contribution in [1.82, 2.24) is 0 Å². The fraction of sp³-hybridized carbons (Fsp3) is 0.294. The molecule has 0 unspecified atom stereocenters. The first-order chi connectivity index (χ1) is 10.2. The van der Waals surface area contributed by atoms with Gasteiger partial charge in [0.15, 0.2) is 0 Å². The van der Waals surface area contributed by atoms with Crippen molar-refractivity contribution >= 4 is 11.6 Å². The average Bonchev–Trinajstić information content (AvgIpc) is 2.53. The minimum Gasteiger partial charge on any atom is -0.497 e. The van der Waals surface area contributed by atoms with Crippen LogP contribution in [0.3, 0.4) is 0 Å². The zero-order valence-corrected chi connectivity index (χ0v) is 12.7. The third kappa shape index (κ3) is 2.71. The topological polar surface area (TPSA) is 44.5 Å². The van der Waals surface area contributed by atoms with Crippen molar-refractivity contribution < 1.29 is 9.47 Å². The molecule has 1 heterocycles. The van der Waals surface area contributed by atoms with E-state index in [9.17, 15) is 0 Å². The van der Waals surface area contributed by atoms with Gasteiger partial charge >= 0.3 is 0 Å². The molecule has 0 saturated carbocycles. The van der Waals surface area contributed by atoms with Gasteiger partial charge in [0.05, 0.1) is 12.1 Å². The Morgan fingerprint density at radius 3 is 2.86 bits per heavy atom. The summed E-state index contributed by atoms with van der Waals surface area (Å²) in [5.41, 5.74) is 8.92. The predicted molar refractivity (Wildman–Crippen MR) is 85.2 cm³/mol. The molecule has 21 heavy (non-hydrogen) atoms. The summed E-state index contributed by atoms with van der Waals surface area (Å²) < 4.78 is 11.3. The number of rotatable bonds is 3. The summed E-state index contributed by atoms with van der Waals surface area (Å²) in [7, 11) is 1.63. The number of para-hydroxylation sites is 1. The molecule has 110 valence electrons. The van der Waals surface area contributed by atoms with Crippen molar-refractivity contribution in [2.45, 2.75) is 18.9 Å². The lowest BCUT2D eigenvalue weighted by Gasteiger charge is -2.27. The number of benzene rings is 2. The van der Waals surface area contributed by atoms with Crippen molar-refractivity contribution in [2.24, 2.45) is 5.73 Å². The van der Waals surface area contributed by atoms with E-state index in [1.165, 1.54) is 5.56 Å². The highest BCUT2D eigenvalue weighted by Crippen LogP contribution is 2.41. The number of hydrogen-bond donors (Lipinski definition) is 1. The molecule has 2 aromatic carbocycles. The van der Waals surface area contributed by atoms with Crippen molar-refractivity contribution in [2.75, 3.05) is 13.7 Å². The van der Waals surface area contributed by atoms with Gasteiger partial charge in [-0.15, -0.1) is 0 Å². The molecule has 0 aliphatic carbocycles. The average molecular weight is 304 g/mol. The molecule has 1 aliphatic rings. The lowest BCUT2D eigenvalue weighted by molar-refractivity contribution is 0.182. The third-order valence-corrected chi connectivity index (χ3v) is 4.16. The molecule has 3 rings (SSSR count). The maximum absolute atomic E-state index is 6.40. The Balaban J connectivity index is 2.07. The van der Waals surface area contributed by atoms with Crippen LogP contribution in [0.1, 0.15) is 12.0 Å². The summed E-state index contributed by atoms with van der Waals surface area (Å²) in [6.45, 7) is 0.532. The number of aryl methyl sites for hydroxylation is 1. The molecular formula is C17H18ClNO2. The monoisotopic (exact) mass is 303 g/mol. The minimum absolute atomic E-state index is 0.0793. The normalized spacial score (nSPS) is 17.0. The molecule has 0 radical (unpaired) electrons. The minimum atomic E-state index is 0.0793. The summed E-state index contributed by atoms with van der Waals surface area (Å²) >= 11 is 6.40. The van der Waals surface area contributed by atoms with Crippen LogP contribution in [-0.4, -0.2) is 19.8 Å².